The topological polar surface area (TPSA) is 99.1 Å². The van der Waals surface area contributed by atoms with E-state index in [-0.39, 0.29) is 36.2 Å². The summed E-state index contributed by atoms with van der Waals surface area (Å²) in [6.45, 7) is 4.71. The smallest absolute Gasteiger partial charge is 0.362 e. The van der Waals surface area contributed by atoms with Crippen molar-refractivity contribution >= 4 is 17.9 Å². The van der Waals surface area contributed by atoms with Gasteiger partial charge in [-0.15, -0.1) is 0 Å². The van der Waals surface area contributed by atoms with Crippen LogP contribution in [0, 0.1) is 0 Å². The molecule has 0 aliphatic heterocycles. The summed E-state index contributed by atoms with van der Waals surface area (Å²) in [4.78, 5) is 36.8. The molecule has 0 amide bonds. The normalized spacial score (nSPS) is 13.1. The van der Waals surface area contributed by atoms with Crippen LogP contribution in [-0.4, -0.2) is 80.6 Å². The summed E-state index contributed by atoms with van der Waals surface area (Å²) >= 11 is 0. The minimum absolute atomic E-state index is 0.0537. The molecule has 0 bridgehead atoms. The highest BCUT2D eigenvalue weighted by Gasteiger charge is 2.31. The number of carboxylic acid groups (broad SMARTS) is 1. The van der Waals surface area contributed by atoms with Gasteiger partial charge in [0.25, 0.3) is 0 Å². The summed E-state index contributed by atoms with van der Waals surface area (Å²) in [5.41, 5.74) is 0. The predicted octanol–water partition coefficient (Wildman–Crippen LogP) is 10.4. The van der Waals surface area contributed by atoms with Crippen LogP contribution in [0.4, 0.5) is 0 Å². The predicted molar refractivity (Wildman–Crippen MR) is 202 cm³/mol. The molecular formula is C41H78NO7+. The van der Waals surface area contributed by atoms with Gasteiger partial charge in [0, 0.05) is 19.3 Å². The van der Waals surface area contributed by atoms with Crippen LogP contribution in [0.15, 0.2) is 12.2 Å². The minimum Gasteiger partial charge on any atom is -0.477 e. The van der Waals surface area contributed by atoms with Crippen LogP contribution < -0.4 is 0 Å². The molecule has 1 N–H and O–H groups in total. The lowest BCUT2D eigenvalue weighted by molar-refractivity contribution is -0.887. The largest absolute Gasteiger partial charge is 0.477 e. The lowest BCUT2D eigenvalue weighted by Crippen LogP contribution is -2.50. The SMILES string of the molecule is CCCCCCCCC/C=C/CCCCCC(=O)OCC(COCCC(C(=O)O)[N+](C)(C)C)OC(=O)CCCCCCCCCCCCC. The Labute approximate surface area is 301 Å². The van der Waals surface area contributed by atoms with Crippen LogP contribution in [-0.2, 0) is 28.6 Å². The van der Waals surface area contributed by atoms with Crippen molar-refractivity contribution in [1.29, 1.82) is 0 Å². The van der Waals surface area contributed by atoms with Crippen LogP contribution in [0.1, 0.15) is 181 Å². The lowest BCUT2D eigenvalue weighted by atomic mass is 10.1. The van der Waals surface area contributed by atoms with Gasteiger partial charge in [0.2, 0.25) is 0 Å². The van der Waals surface area contributed by atoms with E-state index in [0.717, 1.165) is 51.4 Å². The number of quaternary nitrogens is 1. The Hall–Kier alpha value is -1.93. The summed E-state index contributed by atoms with van der Waals surface area (Å²) in [6, 6.07) is -0.611. The van der Waals surface area contributed by atoms with E-state index in [4.69, 9.17) is 14.2 Å². The molecule has 2 atom stereocenters. The average Bonchev–Trinajstić information content (AvgIpc) is 3.05. The third kappa shape index (κ3) is 31.8. The average molecular weight is 697 g/mol. The summed E-state index contributed by atoms with van der Waals surface area (Å²) < 4.78 is 17.2. The standard InChI is InChI=1S/C41H77NO7/c1-6-8-10-12-14-16-18-19-20-22-23-25-27-29-31-39(43)48-36-37(35-47-34-33-38(41(45)46)42(3,4)5)49-40(44)32-30-28-26-24-21-17-15-13-11-9-7-2/h20,22,37-38H,6-19,21,23-36H2,1-5H3/p+1/b22-20+. The Morgan fingerprint density at radius 1 is 0.592 bits per heavy atom. The van der Waals surface area contributed by atoms with Crippen LogP contribution in [0.5, 0.6) is 0 Å². The molecule has 0 radical (unpaired) electrons. The highest BCUT2D eigenvalue weighted by Crippen LogP contribution is 2.14. The van der Waals surface area contributed by atoms with Crippen molar-refractivity contribution in [3.05, 3.63) is 12.2 Å². The number of carbonyl (C=O) groups excluding carboxylic acids is 2. The second-order valence-electron chi connectivity index (χ2n) is 14.9. The number of nitrogens with zero attached hydrogens (tertiary/aromatic N) is 1. The molecule has 0 aliphatic rings. The van der Waals surface area contributed by atoms with E-state index in [1.165, 1.54) is 96.3 Å². The number of rotatable bonds is 36. The second kappa shape index (κ2) is 33.2. The molecule has 0 saturated carbocycles. The van der Waals surface area contributed by atoms with Gasteiger partial charge in [0.15, 0.2) is 12.1 Å². The van der Waals surface area contributed by atoms with Gasteiger partial charge in [0.05, 0.1) is 34.4 Å². The maximum atomic E-state index is 12.6. The van der Waals surface area contributed by atoms with Crippen molar-refractivity contribution in [2.75, 3.05) is 41.0 Å². The number of likely N-dealkylation sites (N-methyl/N-ethyl adjacent to an activating group) is 1. The number of hydrogen-bond donors (Lipinski definition) is 1. The first-order chi connectivity index (χ1) is 23.6. The molecule has 2 unspecified atom stereocenters. The van der Waals surface area contributed by atoms with E-state index < -0.39 is 18.1 Å². The number of hydrogen-bond acceptors (Lipinski definition) is 6. The molecule has 0 fully saturated rings. The fourth-order valence-electron chi connectivity index (χ4n) is 5.97. The van der Waals surface area contributed by atoms with Gasteiger partial charge in [0.1, 0.15) is 6.61 Å². The molecule has 8 heteroatoms. The van der Waals surface area contributed by atoms with E-state index in [1.54, 1.807) is 0 Å². The number of esters is 2. The summed E-state index contributed by atoms with van der Waals surface area (Å²) in [7, 11) is 5.52. The number of carbonyl (C=O) groups is 3. The molecule has 0 spiro atoms. The molecule has 0 aliphatic carbocycles. The monoisotopic (exact) mass is 697 g/mol. The van der Waals surface area contributed by atoms with E-state index in [2.05, 4.69) is 26.0 Å². The van der Waals surface area contributed by atoms with E-state index >= 15 is 0 Å². The third-order valence-electron chi connectivity index (χ3n) is 9.16. The molecule has 8 nitrogen and oxygen atoms in total. The van der Waals surface area contributed by atoms with Gasteiger partial charge in [-0.1, -0.05) is 135 Å². The van der Waals surface area contributed by atoms with Gasteiger partial charge >= 0.3 is 17.9 Å². The first-order valence-corrected chi connectivity index (χ1v) is 20.2. The van der Waals surface area contributed by atoms with Crippen molar-refractivity contribution in [3.63, 3.8) is 0 Å². The molecule has 0 aromatic carbocycles. The van der Waals surface area contributed by atoms with Crippen LogP contribution in [0.2, 0.25) is 0 Å². The Balaban J connectivity index is 4.39. The molecule has 288 valence electrons. The molecule has 0 rings (SSSR count). The van der Waals surface area contributed by atoms with Gasteiger partial charge in [-0.05, 0) is 38.5 Å². The molecule has 0 saturated heterocycles. The van der Waals surface area contributed by atoms with Crippen molar-refractivity contribution in [2.45, 2.75) is 193 Å². The number of allylic oxidation sites excluding steroid dienone is 2. The number of ether oxygens (including phenoxy) is 3. The lowest BCUT2D eigenvalue weighted by Gasteiger charge is -2.31. The van der Waals surface area contributed by atoms with Crippen molar-refractivity contribution < 1.29 is 38.2 Å². The highest BCUT2D eigenvalue weighted by molar-refractivity contribution is 5.72. The fraction of sp³-hybridized carbons (Fsp3) is 0.878. The van der Waals surface area contributed by atoms with E-state index in [0.29, 0.717) is 19.3 Å². The number of unbranched alkanes of at least 4 members (excludes halogenated alkanes) is 20. The van der Waals surface area contributed by atoms with Gasteiger partial charge < -0.3 is 23.8 Å². The summed E-state index contributed by atoms with van der Waals surface area (Å²) in [5, 5.41) is 9.58. The molecule has 0 aromatic heterocycles. The minimum atomic E-state index is -0.875. The maximum Gasteiger partial charge on any atom is 0.362 e. The second-order valence-corrected chi connectivity index (χ2v) is 14.9. The summed E-state index contributed by atoms with van der Waals surface area (Å²) in [5.74, 6) is -1.48. The zero-order valence-corrected chi connectivity index (χ0v) is 32.7. The van der Waals surface area contributed by atoms with Crippen molar-refractivity contribution in [2.24, 2.45) is 0 Å². The van der Waals surface area contributed by atoms with Crippen LogP contribution in [0.25, 0.3) is 0 Å². The van der Waals surface area contributed by atoms with Crippen molar-refractivity contribution in [3.8, 4) is 0 Å². The Morgan fingerprint density at radius 3 is 1.49 bits per heavy atom. The molecule has 49 heavy (non-hydrogen) atoms. The van der Waals surface area contributed by atoms with Crippen LogP contribution >= 0.6 is 0 Å². The zero-order valence-electron chi connectivity index (χ0n) is 32.7. The summed E-state index contributed by atoms with van der Waals surface area (Å²) in [6.07, 6.45) is 32.5. The fourth-order valence-corrected chi connectivity index (χ4v) is 5.97. The first kappa shape index (κ1) is 47.1. The third-order valence-corrected chi connectivity index (χ3v) is 9.16. The molecule has 0 aromatic rings. The van der Waals surface area contributed by atoms with Gasteiger partial charge in [-0.2, -0.15) is 0 Å². The van der Waals surface area contributed by atoms with E-state index in [9.17, 15) is 19.5 Å². The van der Waals surface area contributed by atoms with Gasteiger partial charge in [-0.3, -0.25) is 9.59 Å². The maximum absolute atomic E-state index is 12.6. The molecular weight excluding hydrogens is 618 g/mol. The van der Waals surface area contributed by atoms with Gasteiger partial charge in [-0.25, -0.2) is 4.79 Å². The zero-order chi connectivity index (χ0) is 36.4. The first-order valence-electron chi connectivity index (χ1n) is 20.2. The number of carboxylic acids is 1. The van der Waals surface area contributed by atoms with E-state index in [1.807, 2.05) is 21.1 Å². The highest BCUT2D eigenvalue weighted by atomic mass is 16.6. The molecule has 0 heterocycles. The Kier molecular flexibility index (Phi) is 31.9. The quantitative estimate of drug-likeness (QED) is 0.0301. The number of aliphatic carboxylic acids is 1. The Morgan fingerprint density at radius 2 is 1.02 bits per heavy atom. The van der Waals surface area contributed by atoms with Crippen molar-refractivity contribution in [1.82, 2.24) is 0 Å². The Bertz CT molecular complexity index is 823. The van der Waals surface area contributed by atoms with Crippen LogP contribution in [0.3, 0.4) is 0 Å².